The molecule has 0 heterocycles. The number of carbonyl (C=O) groups excluding carboxylic acids is 1. The summed E-state index contributed by atoms with van der Waals surface area (Å²) in [5.41, 5.74) is 3.16. The maximum Gasteiger partial charge on any atom is 0.315 e. The number of aliphatic hydroxyl groups excluding tert-OH is 1. The number of urea groups is 1. The number of aryl methyl sites for hydroxylation is 1. The van der Waals surface area contributed by atoms with Crippen LogP contribution in [0.4, 0.5) is 4.79 Å². The van der Waals surface area contributed by atoms with Gasteiger partial charge in [0.25, 0.3) is 0 Å². The van der Waals surface area contributed by atoms with E-state index < -0.39 is 0 Å². The summed E-state index contributed by atoms with van der Waals surface area (Å²) in [5, 5.41) is 14.8. The Morgan fingerprint density at radius 3 is 2.56 bits per heavy atom. The third kappa shape index (κ3) is 5.80. The third-order valence-corrected chi connectivity index (χ3v) is 3.95. The van der Waals surface area contributed by atoms with Crippen molar-refractivity contribution in [3.05, 3.63) is 65.2 Å². The predicted octanol–water partition coefficient (Wildman–Crippen LogP) is 3.32. The molecule has 2 rings (SSSR count). The van der Waals surface area contributed by atoms with Gasteiger partial charge in [-0.25, -0.2) is 4.79 Å². The average Bonchev–Trinajstić information content (AvgIpc) is 2.64. The highest BCUT2D eigenvalue weighted by Gasteiger charge is 2.13. The molecule has 3 N–H and O–H groups in total. The molecule has 1 atom stereocenters. The monoisotopic (exact) mass is 342 g/mol. The number of rotatable bonds is 8. The van der Waals surface area contributed by atoms with E-state index in [2.05, 4.69) is 10.6 Å². The number of carbonyl (C=O) groups is 1. The van der Waals surface area contributed by atoms with Gasteiger partial charge in [-0.05, 0) is 25.0 Å². The molecule has 0 radical (unpaired) electrons. The standard InChI is InChI=1S/C20H26N2O3/c1-3-18(16-10-8-15(2)9-11-16)22-20(24)21-14-17-6-4-5-7-19(17)25-13-12-23/h4-11,18,23H,3,12-14H2,1-2H3,(H2,21,22,24). The van der Waals surface area contributed by atoms with Gasteiger partial charge in [-0.3, -0.25) is 0 Å². The van der Waals surface area contributed by atoms with Gasteiger partial charge in [-0.15, -0.1) is 0 Å². The summed E-state index contributed by atoms with van der Waals surface area (Å²) in [6, 6.07) is 15.4. The third-order valence-electron chi connectivity index (χ3n) is 3.95. The Labute approximate surface area is 149 Å². The van der Waals surface area contributed by atoms with Crippen molar-refractivity contribution in [3.8, 4) is 5.75 Å². The molecule has 25 heavy (non-hydrogen) atoms. The fraction of sp³-hybridized carbons (Fsp3) is 0.350. The Kier molecular flexibility index (Phi) is 7.29. The maximum atomic E-state index is 12.2. The average molecular weight is 342 g/mol. The van der Waals surface area contributed by atoms with Gasteiger partial charge < -0.3 is 20.5 Å². The Morgan fingerprint density at radius 2 is 1.88 bits per heavy atom. The van der Waals surface area contributed by atoms with E-state index in [0.717, 1.165) is 17.5 Å². The zero-order valence-corrected chi connectivity index (χ0v) is 14.8. The minimum absolute atomic E-state index is 0.0264. The summed E-state index contributed by atoms with van der Waals surface area (Å²) in [5.74, 6) is 0.669. The van der Waals surface area contributed by atoms with Gasteiger partial charge >= 0.3 is 6.03 Å². The summed E-state index contributed by atoms with van der Waals surface area (Å²) in [6.07, 6.45) is 0.812. The van der Waals surface area contributed by atoms with Crippen LogP contribution in [0.25, 0.3) is 0 Å². The molecular weight excluding hydrogens is 316 g/mol. The van der Waals surface area contributed by atoms with E-state index >= 15 is 0 Å². The highest BCUT2D eigenvalue weighted by atomic mass is 16.5. The van der Waals surface area contributed by atoms with E-state index in [-0.39, 0.29) is 25.3 Å². The summed E-state index contributed by atoms with van der Waals surface area (Å²) >= 11 is 0. The number of hydrogen-bond donors (Lipinski definition) is 3. The van der Waals surface area contributed by atoms with Crippen LogP contribution in [-0.2, 0) is 6.54 Å². The minimum atomic E-state index is -0.218. The smallest absolute Gasteiger partial charge is 0.315 e. The number of nitrogens with one attached hydrogen (secondary N) is 2. The topological polar surface area (TPSA) is 70.6 Å². The van der Waals surface area contributed by atoms with Crippen molar-refractivity contribution < 1.29 is 14.6 Å². The van der Waals surface area contributed by atoms with Crippen LogP contribution in [0.5, 0.6) is 5.75 Å². The Hall–Kier alpha value is -2.53. The second kappa shape index (κ2) is 9.69. The van der Waals surface area contributed by atoms with Gasteiger partial charge in [-0.1, -0.05) is 55.0 Å². The largest absolute Gasteiger partial charge is 0.491 e. The lowest BCUT2D eigenvalue weighted by molar-refractivity contribution is 0.200. The molecule has 0 aromatic heterocycles. The number of hydrogen-bond acceptors (Lipinski definition) is 3. The number of benzene rings is 2. The number of ether oxygens (including phenoxy) is 1. The first kappa shape index (κ1) is 18.8. The predicted molar refractivity (Wildman–Crippen MR) is 98.6 cm³/mol. The van der Waals surface area contributed by atoms with Crippen LogP contribution in [0, 0.1) is 6.92 Å². The van der Waals surface area contributed by atoms with Crippen LogP contribution in [0.1, 0.15) is 36.1 Å². The zero-order valence-electron chi connectivity index (χ0n) is 14.8. The van der Waals surface area contributed by atoms with E-state index in [1.807, 2.05) is 62.4 Å². The maximum absolute atomic E-state index is 12.2. The molecule has 2 amide bonds. The molecule has 0 fully saturated rings. The first-order valence-electron chi connectivity index (χ1n) is 8.56. The SMILES string of the molecule is CCC(NC(=O)NCc1ccccc1OCCO)c1ccc(C)cc1. The fourth-order valence-corrected chi connectivity index (χ4v) is 2.55. The van der Waals surface area contributed by atoms with E-state index in [4.69, 9.17) is 9.84 Å². The molecule has 2 aromatic carbocycles. The molecule has 0 saturated carbocycles. The van der Waals surface area contributed by atoms with Crippen LogP contribution in [0.2, 0.25) is 0 Å². The lowest BCUT2D eigenvalue weighted by Crippen LogP contribution is -2.37. The van der Waals surface area contributed by atoms with Crippen molar-refractivity contribution in [2.45, 2.75) is 32.9 Å². The molecule has 1 unspecified atom stereocenters. The lowest BCUT2D eigenvalue weighted by Gasteiger charge is -2.18. The molecule has 0 bridgehead atoms. The van der Waals surface area contributed by atoms with E-state index in [9.17, 15) is 4.79 Å². The van der Waals surface area contributed by atoms with Crippen LogP contribution >= 0.6 is 0 Å². The summed E-state index contributed by atoms with van der Waals surface area (Å²) < 4.78 is 5.48. The van der Waals surface area contributed by atoms with Crippen LogP contribution in [-0.4, -0.2) is 24.4 Å². The molecule has 2 aromatic rings. The van der Waals surface area contributed by atoms with E-state index in [1.54, 1.807) is 0 Å². The first-order chi connectivity index (χ1) is 12.1. The van der Waals surface area contributed by atoms with Gasteiger partial charge in [-0.2, -0.15) is 0 Å². The quantitative estimate of drug-likeness (QED) is 0.689. The van der Waals surface area contributed by atoms with Gasteiger partial charge in [0.05, 0.1) is 12.6 Å². The summed E-state index contributed by atoms with van der Waals surface area (Å²) in [7, 11) is 0. The second-order valence-corrected chi connectivity index (χ2v) is 5.88. The van der Waals surface area contributed by atoms with E-state index in [0.29, 0.717) is 12.3 Å². The molecule has 0 spiro atoms. The molecule has 0 aliphatic heterocycles. The van der Waals surface area contributed by atoms with Gasteiger partial charge in [0, 0.05) is 12.1 Å². The molecule has 0 aliphatic rings. The molecule has 0 saturated heterocycles. The van der Waals surface area contributed by atoms with Crippen molar-refractivity contribution in [2.75, 3.05) is 13.2 Å². The molecule has 5 heteroatoms. The summed E-state index contributed by atoms with van der Waals surface area (Å²) in [4.78, 5) is 12.2. The van der Waals surface area contributed by atoms with Crippen molar-refractivity contribution in [1.29, 1.82) is 0 Å². The lowest BCUT2D eigenvalue weighted by atomic mass is 10.0. The Bertz CT molecular complexity index is 671. The molecule has 5 nitrogen and oxygen atoms in total. The van der Waals surface area contributed by atoms with Crippen molar-refractivity contribution in [2.24, 2.45) is 0 Å². The molecule has 0 aliphatic carbocycles. The number of amides is 2. The fourth-order valence-electron chi connectivity index (χ4n) is 2.55. The van der Waals surface area contributed by atoms with Crippen molar-refractivity contribution in [1.82, 2.24) is 10.6 Å². The van der Waals surface area contributed by atoms with Crippen molar-refractivity contribution >= 4 is 6.03 Å². The minimum Gasteiger partial charge on any atom is -0.491 e. The Morgan fingerprint density at radius 1 is 1.16 bits per heavy atom. The van der Waals surface area contributed by atoms with Crippen molar-refractivity contribution in [3.63, 3.8) is 0 Å². The molecule has 134 valence electrons. The van der Waals surface area contributed by atoms with E-state index in [1.165, 1.54) is 5.56 Å². The summed E-state index contributed by atoms with van der Waals surface area (Å²) in [6.45, 7) is 4.63. The molecular formula is C20H26N2O3. The number of aliphatic hydroxyl groups is 1. The van der Waals surface area contributed by atoms with Crippen LogP contribution in [0.3, 0.4) is 0 Å². The zero-order chi connectivity index (χ0) is 18.1. The van der Waals surface area contributed by atoms with Crippen LogP contribution in [0.15, 0.2) is 48.5 Å². The Balaban J connectivity index is 1.92. The number of para-hydroxylation sites is 1. The normalized spacial score (nSPS) is 11.6. The van der Waals surface area contributed by atoms with Crippen LogP contribution < -0.4 is 15.4 Å². The highest BCUT2D eigenvalue weighted by Crippen LogP contribution is 2.19. The first-order valence-corrected chi connectivity index (χ1v) is 8.56. The second-order valence-electron chi connectivity index (χ2n) is 5.88. The van der Waals surface area contributed by atoms with Gasteiger partial charge in [0.1, 0.15) is 12.4 Å². The van der Waals surface area contributed by atoms with Gasteiger partial charge in [0.2, 0.25) is 0 Å². The highest BCUT2D eigenvalue weighted by molar-refractivity contribution is 5.74. The van der Waals surface area contributed by atoms with Gasteiger partial charge in [0.15, 0.2) is 0 Å².